The van der Waals surface area contributed by atoms with Crippen LogP contribution >= 0.6 is 11.3 Å². The van der Waals surface area contributed by atoms with Crippen LogP contribution in [0.15, 0.2) is 41.8 Å². The van der Waals surface area contributed by atoms with Gasteiger partial charge in [0, 0.05) is 11.6 Å². The van der Waals surface area contributed by atoms with Crippen molar-refractivity contribution in [2.45, 2.75) is 57.7 Å². The SMILES string of the molecule is Cc1ccc([C@H]([NH2+][C@@H](C)C(=O)NC2CCCC2)c2cccs2)cc1. The number of amides is 1. The Morgan fingerprint density at radius 2 is 1.92 bits per heavy atom. The van der Waals surface area contributed by atoms with Crippen LogP contribution in [-0.4, -0.2) is 18.0 Å². The van der Waals surface area contributed by atoms with Crippen LogP contribution in [0.3, 0.4) is 0 Å². The molecular weight excluding hydrogens is 316 g/mol. The minimum Gasteiger partial charge on any atom is -0.348 e. The summed E-state index contributed by atoms with van der Waals surface area (Å²) in [5, 5.41) is 7.52. The molecule has 128 valence electrons. The molecule has 1 saturated carbocycles. The molecule has 1 aliphatic carbocycles. The first-order chi connectivity index (χ1) is 11.6. The normalized spacial score (nSPS) is 17.6. The molecule has 0 bridgehead atoms. The molecule has 0 aliphatic heterocycles. The Kier molecular flexibility index (Phi) is 5.69. The second-order valence-corrected chi connectivity index (χ2v) is 7.85. The summed E-state index contributed by atoms with van der Waals surface area (Å²) in [5.74, 6) is 0.163. The fraction of sp³-hybridized carbons (Fsp3) is 0.450. The maximum absolute atomic E-state index is 12.6. The van der Waals surface area contributed by atoms with Crippen molar-refractivity contribution in [1.29, 1.82) is 0 Å². The van der Waals surface area contributed by atoms with Gasteiger partial charge in [0.15, 0.2) is 6.04 Å². The molecule has 3 rings (SSSR count). The Hall–Kier alpha value is -1.65. The van der Waals surface area contributed by atoms with E-state index in [0.29, 0.717) is 6.04 Å². The van der Waals surface area contributed by atoms with Crippen LogP contribution in [0.5, 0.6) is 0 Å². The molecule has 1 heterocycles. The van der Waals surface area contributed by atoms with Gasteiger partial charge in [0.05, 0.1) is 4.88 Å². The molecule has 0 saturated heterocycles. The number of thiophene rings is 1. The van der Waals surface area contributed by atoms with Crippen molar-refractivity contribution >= 4 is 17.2 Å². The van der Waals surface area contributed by atoms with E-state index in [0.717, 1.165) is 12.8 Å². The zero-order chi connectivity index (χ0) is 16.9. The topological polar surface area (TPSA) is 45.7 Å². The molecule has 4 heteroatoms. The van der Waals surface area contributed by atoms with Gasteiger partial charge in [-0.3, -0.25) is 4.79 Å². The van der Waals surface area contributed by atoms with Gasteiger partial charge in [0.1, 0.15) is 6.04 Å². The standard InChI is InChI=1S/C20H26N2OS/c1-14-9-11-16(12-10-14)19(18-8-5-13-24-18)21-15(2)20(23)22-17-6-3-4-7-17/h5,8-13,15,17,19,21H,3-4,6-7H2,1-2H3,(H,22,23)/p+1/t15-,19-/m0/s1. The summed E-state index contributed by atoms with van der Waals surface area (Å²) in [5.41, 5.74) is 2.51. The third-order valence-corrected chi connectivity index (χ3v) is 5.84. The Bertz CT molecular complexity index is 645. The van der Waals surface area contributed by atoms with Gasteiger partial charge < -0.3 is 10.6 Å². The van der Waals surface area contributed by atoms with Crippen LogP contribution in [0, 0.1) is 6.92 Å². The summed E-state index contributed by atoms with van der Waals surface area (Å²) in [4.78, 5) is 13.8. The zero-order valence-electron chi connectivity index (χ0n) is 14.5. The number of aryl methyl sites for hydroxylation is 1. The van der Waals surface area contributed by atoms with Crippen LogP contribution in [0.4, 0.5) is 0 Å². The van der Waals surface area contributed by atoms with Crippen LogP contribution < -0.4 is 10.6 Å². The molecule has 3 N–H and O–H groups in total. The van der Waals surface area contributed by atoms with E-state index in [-0.39, 0.29) is 18.0 Å². The van der Waals surface area contributed by atoms with Crippen molar-refractivity contribution in [2.24, 2.45) is 0 Å². The fourth-order valence-corrected chi connectivity index (χ4v) is 4.22. The highest BCUT2D eigenvalue weighted by molar-refractivity contribution is 7.10. The zero-order valence-corrected chi connectivity index (χ0v) is 15.3. The highest BCUT2D eigenvalue weighted by Gasteiger charge is 2.27. The van der Waals surface area contributed by atoms with E-state index in [1.54, 1.807) is 11.3 Å². The van der Waals surface area contributed by atoms with E-state index in [1.807, 2.05) is 6.92 Å². The molecule has 0 spiro atoms. The summed E-state index contributed by atoms with van der Waals surface area (Å²) >= 11 is 1.75. The lowest BCUT2D eigenvalue weighted by molar-refractivity contribution is -0.704. The number of nitrogens with one attached hydrogen (secondary N) is 1. The molecule has 1 aliphatic rings. The molecule has 3 nitrogen and oxygen atoms in total. The number of quaternary nitrogens is 1. The predicted molar refractivity (Wildman–Crippen MR) is 99.1 cm³/mol. The average Bonchev–Trinajstić information content (AvgIpc) is 3.27. The van der Waals surface area contributed by atoms with E-state index >= 15 is 0 Å². The van der Waals surface area contributed by atoms with Crippen molar-refractivity contribution in [1.82, 2.24) is 5.32 Å². The fourth-order valence-electron chi connectivity index (χ4n) is 3.39. The summed E-state index contributed by atoms with van der Waals surface area (Å²) in [6.07, 6.45) is 4.74. The highest BCUT2D eigenvalue weighted by atomic mass is 32.1. The van der Waals surface area contributed by atoms with Crippen molar-refractivity contribution in [2.75, 3.05) is 0 Å². The van der Waals surface area contributed by atoms with Crippen molar-refractivity contribution in [3.05, 3.63) is 57.8 Å². The van der Waals surface area contributed by atoms with Crippen molar-refractivity contribution < 1.29 is 10.1 Å². The number of hydrogen-bond acceptors (Lipinski definition) is 2. The van der Waals surface area contributed by atoms with Gasteiger partial charge >= 0.3 is 0 Å². The quantitative estimate of drug-likeness (QED) is 0.831. The molecule has 1 fully saturated rings. The summed E-state index contributed by atoms with van der Waals surface area (Å²) < 4.78 is 0. The van der Waals surface area contributed by atoms with Gasteiger partial charge in [0.2, 0.25) is 0 Å². The minimum atomic E-state index is -0.0981. The molecule has 1 aromatic carbocycles. The molecular formula is C20H27N2OS+. The maximum atomic E-state index is 12.6. The lowest BCUT2D eigenvalue weighted by atomic mass is 10.0. The third-order valence-electron chi connectivity index (χ3n) is 4.88. The summed E-state index contributed by atoms with van der Waals surface area (Å²) in [6.45, 7) is 4.12. The summed E-state index contributed by atoms with van der Waals surface area (Å²) in [7, 11) is 0. The lowest BCUT2D eigenvalue weighted by Gasteiger charge is -2.21. The minimum absolute atomic E-state index is 0.0981. The first-order valence-electron chi connectivity index (χ1n) is 8.89. The molecule has 1 amide bonds. The number of benzene rings is 1. The third kappa shape index (κ3) is 4.25. The van der Waals surface area contributed by atoms with Crippen molar-refractivity contribution in [3.63, 3.8) is 0 Å². The molecule has 0 unspecified atom stereocenters. The van der Waals surface area contributed by atoms with Gasteiger partial charge in [-0.2, -0.15) is 0 Å². The lowest BCUT2D eigenvalue weighted by Crippen LogP contribution is -2.92. The molecule has 1 aromatic heterocycles. The van der Waals surface area contributed by atoms with Crippen LogP contribution in [0.25, 0.3) is 0 Å². The first-order valence-corrected chi connectivity index (χ1v) is 9.77. The van der Waals surface area contributed by atoms with Gasteiger partial charge in [-0.05, 0) is 38.1 Å². The van der Waals surface area contributed by atoms with E-state index in [4.69, 9.17) is 0 Å². The average molecular weight is 344 g/mol. The second-order valence-electron chi connectivity index (χ2n) is 6.87. The maximum Gasteiger partial charge on any atom is 0.278 e. The van der Waals surface area contributed by atoms with Gasteiger partial charge in [0.25, 0.3) is 5.91 Å². The Labute approximate surface area is 148 Å². The number of carbonyl (C=O) groups excluding carboxylic acids is 1. The van der Waals surface area contributed by atoms with Crippen LogP contribution in [-0.2, 0) is 4.79 Å². The predicted octanol–water partition coefficient (Wildman–Crippen LogP) is 3.16. The van der Waals surface area contributed by atoms with Crippen molar-refractivity contribution in [3.8, 4) is 0 Å². The first kappa shape index (κ1) is 17.2. The molecule has 2 aromatic rings. The number of nitrogens with two attached hydrogens (primary N) is 1. The monoisotopic (exact) mass is 343 g/mol. The van der Waals surface area contributed by atoms with E-state index < -0.39 is 0 Å². The van der Waals surface area contributed by atoms with E-state index in [2.05, 4.69) is 59.3 Å². The number of carbonyl (C=O) groups is 1. The Balaban J connectivity index is 1.71. The van der Waals surface area contributed by atoms with Gasteiger partial charge in [-0.1, -0.05) is 48.7 Å². The number of hydrogen-bond donors (Lipinski definition) is 2. The van der Waals surface area contributed by atoms with E-state index in [9.17, 15) is 4.79 Å². The second kappa shape index (κ2) is 7.95. The Morgan fingerprint density at radius 1 is 1.21 bits per heavy atom. The van der Waals surface area contributed by atoms with Gasteiger partial charge in [-0.25, -0.2) is 0 Å². The molecule has 2 atom stereocenters. The Morgan fingerprint density at radius 3 is 2.54 bits per heavy atom. The van der Waals surface area contributed by atoms with Crippen LogP contribution in [0.1, 0.15) is 54.7 Å². The summed E-state index contributed by atoms with van der Waals surface area (Å²) in [6, 6.07) is 13.4. The largest absolute Gasteiger partial charge is 0.348 e. The van der Waals surface area contributed by atoms with E-state index in [1.165, 1.54) is 28.8 Å². The molecule has 24 heavy (non-hydrogen) atoms. The molecule has 0 radical (unpaired) electrons. The number of rotatable bonds is 6. The van der Waals surface area contributed by atoms with Crippen LogP contribution in [0.2, 0.25) is 0 Å². The highest BCUT2D eigenvalue weighted by Crippen LogP contribution is 2.23. The van der Waals surface area contributed by atoms with Gasteiger partial charge in [-0.15, -0.1) is 11.3 Å². The smallest absolute Gasteiger partial charge is 0.278 e.